The molecule has 0 N–H and O–H groups in total. The molecule has 0 unspecified atom stereocenters. The fourth-order valence-electron chi connectivity index (χ4n) is 0.379. The Bertz CT molecular complexity index is 233. The summed E-state index contributed by atoms with van der Waals surface area (Å²) in [6.07, 6.45) is 2.38. The molecule has 0 bridgehead atoms. The maximum Gasteiger partial charge on any atom is 0.170 e. The molecule has 1 rings (SSSR count). The number of hydrogen-bond acceptors (Lipinski definition) is 3. The van der Waals surface area contributed by atoms with Crippen LogP contribution >= 0.6 is 15.9 Å². The van der Waals surface area contributed by atoms with Crippen molar-refractivity contribution in [3.05, 3.63) is 27.2 Å². The molecule has 0 fully saturated rings. The third-order valence-electron chi connectivity index (χ3n) is 0.727. The molecule has 0 spiro atoms. The van der Waals surface area contributed by atoms with Gasteiger partial charge in [-0.3, -0.25) is 0 Å². The average molecular weight is 192 g/mol. The van der Waals surface area contributed by atoms with Gasteiger partial charge in [0.2, 0.25) is 0 Å². The van der Waals surface area contributed by atoms with Gasteiger partial charge in [0.25, 0.3) is 0 Å². The smallest absolute Gasteiger partial charge is 0.170 e. The molecule has 9 heavy (non-hydrogen) atoms. The van der Waals surface area contributed by atoms with Crippen LogP contribution in [0.25, 0.3) is 0 Å². The van der Waals surface area contributed by atoms with E-state index in [0.29, 0.717) is 4.60 Å². The summed E-state index contributed by atoms with van der Waals surface area (Å²) in [7, 11) is 0. The highest BCUT2D eigenvalue weighted by Gasteiger charge is 2.00. The van der Waals surface area contributed by atoms with Crippen molar-refractivity contribution in [1.29, 1.82) is 0 Å². The second kappa shape index (κ2) is 2.14. The zero-order chi connectivity index (χ0) is 6.85. The van der Waals surface area contributed by atoms with Crippen LogP contribution in [0.5, 0.6) is 0 Å². The van der Waals surface area contributed by atoms with Crippen molar-refractivity contribution in [1.82, 2.24) is 9.66 Å². The number of nitrogens with zero attached hydrogens (tertiary/aromatic N) is 3. The van der Waals surface area contributed by atoms with E-state index in [4.69, 9.17) is 0 Å². The Morgan fingerprint density at radius 3 is 2.78 bits per heavy atom. The fourth-order valence-corrected chi connectivity index (χ4v) is 0.681. The first-order valence-electron chi connectivity index (χ1n) is 2.04. The molecule has 48 valence electrons. The summed E-state index contributed by atoms with van der Waals surface area (Å²) in [5.41, 5.74) is 0. The summed E-state index contributed by atoms with van der Waals surface area (Å²) in [6, 6.07) is 0. The van der Waals surface area contributed by atoms with Gasteiger partial charge in [-0.05, 0) is 15.9 Å². The minimum atomic E-state index is -0.572. The summed E-state index contributed by atoms with van der Waals surface area (Å²) in [4.78, 5) is 13.5. The number of imidazole rings is 1. The second-order valence-electron chi connectivity index (χ2n) is 1.31. The van der Waals surface area contributed by atoms with E-state index in [0.717, 1.165) is 11.0 Å². The molecule has 0 aliphatic rings. The van der Waals surface area contributed by atoms with Crippen molar-refractivity contribution < 1.29 is 5.03 Å². The van der Waals surface area contributed by atoms with Crippen molar-refractivity contribution in [2.24, 2.45) is 0 Å². The van der Waals surface area contributed by atoms with E-state index in [1.807, 2.05) is 0 Å². The highest BCUT2D eigenvalue weighted by molar-refractivity contribution is 9.10. The summed E-state index contributed by atoms with van der Waals surface area (Å²) in [5, 5.41) is 9.35. The van der Waals surface area contributed by atoms with Crippen LogP contribution in [0.1, 0.15) is 0 Å². The van der Waals surface area contributed by atoms with Gasteiger partial charge in [-0.15, -0.1) is 0 Å². The van der Waals surface area contributed by atoms with Gasteiger partial charge in [-0.1, -0.05) is 4.68 Å². The SMILES string of the molecule is O=[N+]([O-])n1cnc(Br)c1. The number of halogens is 1. The lowest BCUT2D eigenvalue weighted by atomic mass is 11.0. The molecule has 1 aromatic heterocycles. The van der Waals surface area contributed by atoms with Crippen LogP contribution in [0.3, 0.4) is 0 Å². The molecule has 0 saturated heterocycles. The Labute approximate surface area is 58.6 Å². The predicted molar refractivity (Wildman–Crippen MR) is 32.3 cm³/mol. The van der Waals surface area contributed by atoms with Crippen molar-refractivity contribution >= 4 is 15.9 Å². The van der Waals surface area contributed by atoms with Crippen molar-refractivity contribution in [2.45, 2.75) is 0 Å². The van der Waals surface area contributed by atoms with Crippen molar-refractivity contribution in [2.75, 3.05) is 0 Å². The Morgan fingerprint density at radius 2 is 2.56 bits per heavy atom. The lowest BCUT2D eigenvalue weighted by Crippen LogP contribution is -2.04. The molecule has 0 aliphatic heterocycles. The van der Waals surface area contributed by atoms with Gasteiger partial charge in [0.15, 0.2) is 11.4 Å². The topological polar surface area (TPSA) is 61.0 Å². The summed E-state index contributed by atoms with van der Waals surface area (Å²) >= 11 is 2.96. The molecular formula is C3H2BrN3O2. The second-order valence-corrected chi connectivity index (χ2v) is 2.13. The van der Waals surface area contributed by atoms with Gasteiger partial charge in [0.1, 0.15) is 10.8 Å². The summed E-state index contributed by atoms with van der Waals surface area (Å²) in [5.74, 6) is 0. The third-order valence-corrected chi connectivity index (χ3v) is 1.14. The Morgan fingerprint density at radius 1 is 1.89 bits per heavy atom. The molecular weight excluding hydrogens is 190 g/mol. The minimum Gasteiger partial charge on any atom is -0.234 e. The van der Waals surface area contributed by atoms with Crippen LogP contribution in [-0.2, 0) is 0 Å². The van der Waals surface area contributed by atoms with Crippen LogP contribution in [0, 0.1) is 10.1 Å². The van der Waals surface area contributed by atoms with Crippen LogP contribution < -0.4 is 0 Å². The van der Waals surface area contributed by atoms with E-state index >= 15 is 0 Å². The molecule has 0 amide bonds. The molecule has 5 nitrogen and oxygen atoms in total. The number of rotatable bonds is 1. The largest absolute Gasteiger partial charge is 0.234 e. The zero-order valence-electron chi connectivity index (χ0n) is 4.19. The van der Waals surface area contributed by atoms with Gasteiger partial charge < -0.3 is 0 Å². The summed E-state index contributed by atoms with van der Waals surface area (Å²) in [6.45, 7) is 0. The van der Waals surface area contributed by atoms with E-state index in [1.54, 1.807) is 0 Å². The number of nitro groups is 1. The van der Waals surface area contributed by atoms with E-state index in [1.165, 1.54) is 6.20 Å². The molecule has 6 heteroatoms. The normalized spacial score (nSPS) is 9.44. The molecule has 1 aromatic rings. The van der Waals surface area contributed by atoms with Gasteiger partial charge in [-0.25, -0.2) is 15.1 Å². The first kappa shape index (κ1) is 6.21. The first-order chi connectivity index (χ1) is 4.20. The van der Waals surface area contributed by atoms with E-state index in [9.17, 15) is 10.1 Å². The molecule has 1 heterocycles. The third kappa shape index (κ3) is 1.26. The average Bonchev–Trinajstić information content (AvgIpc) is 2.14. The molecule has 0 saturated carbocycles. The van der Waals surface area contributed by atoms with E-state index in [2.05, 4.69) is 20.9 Å². The molecule has 0 aromatic carbocycles. The molecule has 0 atom stereocenters. The van der Waals surface area contributed by atoms with Crippen LogP contribution in [-0.4, -0.2) is 14.7 Å². The highest BCUT2D eigenvalue weighted by atomic mass is 79.9. The van der Waals surface area contributed by atoms with Crippen molar-refractivity contribution in [3.63, 3.8) is 0 Å². The lowest BCUT2D eigenvalue weighted by molar-refractivity contribution is -0.542. The maximum atomic E-state index is 9.92. The summed E-state index contributed by atoms with van der Waals surface area (Å²) < 4.78 is 1.23. The van der Waals surface area contributed by atoms with Crippen LogP contribution in [0.15, 0.2) is 17.1 Å². The van der Waals surface area contributed by atoms with Gasteiger partial charge >= 0.3 is 0 Å². The predicted octanol–water partition coefficient (Wildman–Crippen LogP) is 0.685. The fraction of sp³-hybridized carbons (Fsp3) is 0. The van der Waals surface area contributed by atoms with Gasteiger partial charge in [0.05, 0.1) is 0 Å². The maximum absolute atomic E-state index is 9.92. The van der Waals surface area contributed by atoms with E-state index in [-0.39, 0.29) is 0 Å². The Hall–Kier alpha value is -0.910. The Balaban J connectivity index is 2.98. The lowest BCUT2D eigenvalue weighted by Gasteiger charge is -1.82. The van der Waals surface area contributed by atoms with Gasteiger partial charge in [0, 0.05) is 0 Å². The van der Waals surface area contributed by atoms with Gasteiger partial charge in [-0.2, -0.15) is 0 Å². The molecule has 0 aliphatic carbocycles. The van der Waals surface area contributed by atoms with Crippen molar-refractivity contribution in [3.8, 4) is 0 Å². The standard InChI is InChI=1S/C3H2BrN3O2/c4-3-1-6(2-5-3)7(8)9/h1-2H. The minimum absolute atomic E-state index is 0.458. The van der Waals surface area contributed by atoms with Crippen LogP contribution in [0.4, 0.5) is 0 Å². The van der Waals surface area contributed by atoms with E-state index < -0.39 is 5.03 Å². The monoisotopic (exact) mass is 191 g/mol. The first-order valence-corrected chi connectivity index (χ1v) is 2.83. The highest BCUT2D eigenvalue weighted by Crippen LogP contribution is 2.02. The molecule has 0 radical (unpaired) electrons. The number of aromatic nitrogens is 2. The quantitative estimate of drug-likeness (QED) is 0.485. The Kier molecular flexibility index (Phi) is 1.48. The number of hydrogen-bond donors (Lipinski definition) is 0. The van der Waals surface area contributed by atoms with Crippen LogP contribution in [0.2, 0.25) is 0 Å². The zero-order valence-corrected chi connectivity index (χ0v) is 5.78.